The summed E-state index contributed by atoms with van der Waals surface area (Å²) in [6.07, 6.45) is 0.683. The standard InChI is InChI=1S/C19H14F/c20-18-13-7-12-17(14-15-8-3-1-4-9-15)19(18)16-10-5-2-6-11-16/h1-11,13H,14H2. The zero-order valence-electron chi connectivity index (χ0n) is 11.0. The number of hydrogen-bond donors (Lipinski definition) is 0. The summed E-state index contributed by atoms with van der Waals surface area (Å²) in [5.74, 6) is -0.194. The van der Waals surface area contributed by atoms with E-state index in [0.29, 0.717) is 12.0 Å². The third kappa shape index (κ3) is 2.62. The fourth-order valence-electron chi connectivity index (χ4n) is 2.37. The van der Waals surface area contributed by atoms with E-state index in [1.165, 1.54) is 6.07 Å². The van der Waals surface area contributed by atoms with Gasteiger partial charge in [-0.05, 0) is 35.2 Å². The van der Waals surface area contributed by atoms with Gasteiger partial charge < -0.3 is 0 Å². The molecule has 0 aliphatic heterocycles. The molecule has 0 aliphatic carbocycles. The summed E-state index contributed by atoms with van der Waals surface area (Å²) in [5.41, 5.74) is 3.60. The monoisotopic (exact) mass is 261 g/mol. The van der Waals surface area contributed by atoms with Crippen LogP contribution in [0.2, 0.25) is 0 Å². The Hall–Kier alpha value is -2.41. The molecule has 0 saturated heterocycles. The van der Waals surface area contributed by atoms with E-state index in [0.717, 1.165) is 16.7 Å². The average molecular weight is 261 g/mol. The first-order valence-corrected chi connectivity index (χ1v) is 6.63. The van der Waals surface area contributed by atoms with E-state index in [2.05, 4.69) is 6.07 Å². The molecule has 0 aromatic heterocycles. The third-order valence-electron chi connectivity index (χ3n) is 3.31. The Morgan fingerprint density at radius 3 is 2.15 bits per heavy atom. The van der Waals surface area contributed by atoms with Crippen LogP contribution in [0, 0.1) is 11.9 Å². The lowest BCUT2D eigenvalue weighted by Crippen LogP contribution is -1.95. The third-order valence-corrected chi connectivity index (χ3v) is 3.31. The molecule has 0 unspecified atom stereocenters. The van der Waals surface area contributed by atoms with E-state index in [4.69, 9.17) is 0 Å². The molecule has 1 radical (unpaired) electrons. The second kappa shape index (κ2) is 5.70. The maximum absolute atomic E-state index is 14.2. The number of benzene rings is 3. The van der Waals surface area contributed by atoms with Crippen molar-refractivity contribution < 1.29 is 4.39 Å². The molecule has 0 spiro atoms. The second-order valence-electron chi connectivity index (χ2n) is 4.71. The van der Waals surface area contributed by atoms with Crippen molar-refractivity contribution in [3.8, 4) is 11.1 Å². The summed E-state index contributed by atoms with van der Waals surface area (Å²) >= 11 is 0. The van der Waals surface area contributed by atoms with Gasteiger partial charge >= 0.3 is 0 Å². The van der Waals surface area contributed by atoms with Crippen molar-refractivity contribution in [1.29, 1.82) is 0 Å². The van der Waals surface area contributed by atoms with E-state index in [1.54, 1.807) is 6.07 Å². The molecule has 3 aromatic carbocycles. The highest BCUT2D eigenvalue weighted by atomic mass is 19.1. The predicted molar refractivity (Wildman–Crippen MR) is 79.9 cm³/mol. The van der Waals surface area contributed by atoms with E-state index < -0.39 is 0 Å². The molecule has 0 heterocycles. The largest absolute Gasteiger partial charge is 0.206 e. The molecule has 97 valence electrons. The Balaban J connectivity index is 2.06. The SMILES string of the molecule is Fc1cc[c]c(Cc2ccccc2)c1-c1ccccc1. The first-order valence-electron chi connectivity index (χ1n) is 6.63. The quantitative estimate of drug-likeness (QED) is 0.630. The van der Waals surface area contributed by atoms with Crippen LogP contribution < -0.4 is 0 Å². The lowest BCUT2D eigenvalue weighted by atomic mass is 9.94. The van der Waals surface area contributed by atoms with Gasteiger partial charge in [0.25, 0.3) is 0 Å². The highest BCUT2D eigenvalue weighted by molar-refractivity contribution is 5.68. The van der Waals surface area contributed by atoms with Crippen molar-refractivity contribution >= 4 is 0 Å². The summed E-state index contributed by atoms with van der Waals surface area (Å²) in [7, 11) is 0. The van der Waals surface area contributed by atoms with E-state index in [-0.39, 0.29) is 5.82 Å². The molecule has 0 bridgehead atoms. The van der Waals surface area contributed by atoms with Crippen molar-refractivity contribution in [2.24, 2.45) is 0 Å². The molecule has 0 aliphatic rings. The Labute approximate surface area is 118 Å². The lowest BCUT2D eigenvalue weighted by Gasteiger charge is -2.10. The van der Waals surface area contributed by atoms with Gasteiger partial charge in [-0.3, -0.25) is 0 Å². The van der Waals surface area contributed by atoms with Gasteiger partial charge in [-0.15, -0.1) is 0 Å². The summed E-state index contributed by atoms with van der Waals surface area (Å²) < 4.78 is 14.2. The van der Waals surface area contributed by atoms with Crippen molar-refractivity contribution in [3.63, 3.8) is 0 Å². The Kier molecular flexibility index (Phi) is 3.60. The van der Waals surface area contributed by atoms with Crippen LogP contribution in [-0.4, -0.2) is 0 Å². The van der Waals surface area contributed by atoms with Crippen LogP contribution in [-0.2, 0) is 6.42 Å². The fraction of sp³-hybridized carbons (Fsp3) is 0.0526. The van der Waals surface area contributed by atoms with Crippen LogP contribution in [0.1, 0.15) is 11.1 Å². The molecule has 3 aromatic rings. The molecule has 0 fully saturated rings. The van der Waals surface area contributed by atoms with Gasteiger partial charge in [0, 0.05) is 5.56 Å². The molecular formula is C19H14F. The number of rotatable bonds is 3. The summed E-state index contributed by atoms with van der Waals surface area (Å²) in [5, 5.41) is 0. The minimum atomic E-state index is -0.194. The maximum Gasteiger partial charge on any atom is 0.131 e. The molecule has 0 atom stereocenters. The normalized spacial score (nSPS) is 10.4. The zero-order chi connectivity index (χ0) is 13.8. The molecule has 0 N–H and O–H groups in total. The van der Waals surface area contributed by atoms with Crippen LogP contribution in [0.15, 0.2) is 72.8 Å². The first-order chi connectivity index (χ1) is 9.84. The van der Waals surface area contributed by atoms with Crippen LogP contribution in [0.3, 0.4) is 0 Å². The second-order valence-corrected chi connectivity index (χ2v) is 4.71. The highest BCUT2D eigenvalue weighted by Crippen LogP contribution is 2.28. The Morgan fingerprint density at radius 1 is 0.800 bits per heavy atom. The van der Waals surface area contributed by atoms with Crippen LogP contribution in [0.5, 0.6) is 0 Å². The van der Waals surface area contributed by atoms with E-state index in [9.17, 15) is 4.39 Å². The first kappa shape index (κ1) is 12.6. The van der Waals surface area contributed by atoms with Crippen molar-refractivity contribution in [2.45, 2.75) is 6.42 Å². The molecule has 3 rings (SSSR count). The summed E-state index contributed by atoms with van der Waals surface area (Å²) in [4.78, 5) is 0. The fourth-order valence-corrected chi connectivity index (χ4v) is 2.37. The van der Waals surface area contributed by atoms with Gasteiger partial charge in [0.2, 0.25) is 0 Å². The number of hydrogen-bond acceptors (Lipinski definition) is 0. The predicted octanol–water partition coefficient (Wildman–Crippen LogP) is 4.88. The van der Waals surface area contributed by atoms with Crippen LogP contribution in [0.25, 0.3) is 11.1 Å². The minimum absolute atomic E-state index is 0.194. The smallest absolute Gasteiger partial charge is 0.131 e. The van der Waals surface area contributed by atoms with Crippen LogP contribution >= 0.6 is 0 Å². The highest BCUT2D eigenvalue weighted by Gasteiger charge is 2.11. The molecule has 20 heavy (non-hydrogen) atoms. The topological polar surface area (TPSA) is 0 Å². The summed E-state index contributed by atoms with van der Waals surface area (Å²) in [6.45, 7) is 0. The van der Waals surface area contributed by atoms with Gasteiger partial charge in [0.15, 0.2) is 0 Å². The van der Waals surface area contributed by atoms with Crippen molar-refractivity contribution in [2.75, 3.05) is 0 Å². The molecule has 0 nitrogen and oxygen atoms in total. The van der Waals surface area contributed by atoms with Crippen molar-refractivity contribution in [1.82, 2.24) is 0 Å². The number of halogens is 1. The van der Waals surface area contributed by atoms with E-state index >= 15 is 0 Å². The average Bonchev–Trinajstić information content (AvgIpc) is 2.49. The molecule has 1 heteroatoms. The van der Waals surface area contributed by atoms with Crippen molar-refractivity contribution in [3.05, 3.63) is 95.8 Å². The molecule has 0 amide bonds. The Morgan fingerprint density at radius 2 is 1.45 bits per heavy atom. The maximum atomic E-state index is 14.2. The summed E-state index contributed by atoms with van der Waals surface area (Å²) in [6, 6.07) is 26.0. The molecular weight excluding hydrogens is 247 g/mol. The minimum Gasteiger partial charge on any atom is -0.206 e. The van der Waals surface area contributed by atoms with Gasteiger partial charge in [-0.2, -0.15) is 0 Å². The van der Waals surface area contributed by atoms with Gasteiger partial charge in [0.1, 0.15) is 5.82 Å². The van der Waals surface area contributed by atoms with Crippen LogP contribution in [0.4, 0.5) is 4.39 Å². The van der Waals surface area contributed by atoms with E-state index in [1.807, 2.05) is 60.7 Å². The van der Waals surface area contributed by atoms with Gasteiger partial charge in [-0.25, -0.2) is 4.39 Å². The zero-order valence-corrected chi connectivity index (χ0v) is 11.0. The molecule has 0 saturated carbocycles. The Bertz CT molecular complexity index is 687. The van der Waals surface area contributed by atoms with Gasteiger partial charge in [-0.1, -0.05) is 66.7 Å². The lowest BCUT2D eigenvalue weighted by molar-refractivity contribution is 0.629. The van der Waals surface area contributed by atoms with Gasteiger partial charge in [0.05, 0.1) is 0 Å².